The van der Waals surface area contributed by atoms with Gasteiger partial charge in [0.05, 0.1) is 6.61 Å². The molecule has 0 spiro atoms. The molecule has 6 nitrogen and oxygen atoms in total. The summed E-state index contributed by atoms with van der Waals surface area (Å²) in [5.41, 5.74) is 0. The van der Waals surface area contributed by atoms with E-state index >= 15 is 0 Å². The molecule has 0 aromatic rings. The van der Waals surface area contributed by atoms with Crippen LogP contribution in [0.2, 0.25) is 0 Å². The number of amides is 2. The number of methoxy groups -OCH3 is 1. The normalized spacial score (nSPS) is 15.2. The van der Waals surface area contributed by atoms with Gasteiger partial charge in [0.25, 0.3) is 0 Å². The van der Waals surface area contributed by atoms with E-state index in [1.807, 2.05) is 27.7 Å². The summed E-state index contributed by atoms with van der Waals surface area (Å²) in [7, 11) is 1.58. The van der Waals surface area contributed by atoms with Crippen LogP contribution in [0.25, 0.3) is 0 Å². The fourth-order valence-corrected chi connectivity index (χ4v) is 1.83. The Hall–Kier alpha value is -1.30. The van der Waals surface area contributed by atoms with Crippen molar-refractivity contribution in [3.8, 4) is 0 Å². The molecule has 0 rings (SSSR count). The summed E-state index contributed by atoms with van der Waals surface area (Å²) in [6.45, 7) is 8.53. The number of urea groups is 1. The largest absolute Gasteiger partial charge is 0.480 e. The first-order chi connectivity index (χ1) is 9.38. The van der Waals surface area contributed by atoms with Crippen LogP contribution in [0.1, 0.15) is 40.5 Å². The molecule has 0 aliphatic rings. The molecule has 0 bridgehead atoms. The molecule has 0 aromatic heterocycles. The van der Waals surface area contributed by atoms with Crippen molar-refractivity contribution in [3.05, 3.63) is 0 Å². The van der Waals surface area contributed by atoms with Gasteiger partial charge in [0, 0.05) is 19.7 Å². The number of aliphatic carboxylic acids is 1. The lowest BCUT2D eigenvalue weighted by Crippen LogP contribution is -2.53. The zero-order valence-corrected chi connectivity index (χ0v) is 13.2. The highest BCUT2D eigenvalue weighted by atomic mass is 16.5. The Morgan fingerprint density at radius 3 is 2.25 bits per heavy atom. The van der Waals surface area contributed by atoms with E-state index in [4.69, 9.17) is 4.74 Å². The molecule has 3 atom stereocenters. The van der Waals surface area contributed by atoms with Crippen molar-refractivity contribution in [1.29, 1.82) is 0 Å². The van der Waals surface area contributed by atoms with Crippen LogP contribution in [0.3, 0.4) is 0 Å². The second kappa shape index (κ2) is 9.58. The van der Waals surface area contributed by atoms with Gasteiger partial charge in [-0.05, 0) is 19.3 Å². The number of ether oxygens (including phenoxy) is 1. The van der Waals surface area contributed by atoms with Gasteiger partial charge in [0.15, 0.2) is 0 Å². The Balaban J connectivity index is 4.82. The summed E-state index contributed by atoms with van der Waals surface area (Å²) in [4.78, 5) is 25.2. The standard InChI is InChI=1S/C14H28N2O4/c1-6-10(3)12(13(17)18)15-14(19)16(8-9-20-5)11(4)7-2/h10-12H,6-9H2,1-5H3,(H,15,19)(H,17,18)/t10?,11?,12-/m0/s1. The van der Waals surface area contributed by atoms with Gasteiger partial charge in [0.2, 0.25) is 0 Å². The molecule has 0 radical (unpaired) electrons. The number of carbonyl (C=O) groups is 2. The van der Waals surface area contributed by atoms with E-state index in [2.05, 4.69) is 5.32 Å². The molecule has 20 heavy (non-hydrogen) atoms. The lowest BCUT2D eigenvalue weighted by Gasteiger charge is -2.31. The maximum Gasteiger partial charge on any atom is 0.326 e. The Morgan fingerprint density at radius 1 is 1.25 bits per heavy atom. The van der Waals surface area contributed by atoms with Crippen LogP contribution in [-0.4, -0.2) is 54.4 Å². The molecule has 118 valence electrons. The first-order valence-corrected chi connectivity index (χ1v) is 7.17. The van der Waals surface area contributed by atoms with E-state index < -0.39 is 12.0 Å². The van der Waals surface area contributed by atoms with Gasteiger partial charge in [-0.2, -0.15) is 0 Å². The topological polar surface area (TPSA) is 78.9 Å². The minimum atomic E-state index is -0.997. The van der Waals surface area contributed by atoms with E-state index in [0.717, 1.165) is 6.42 Å². The van der Waals surface area contributed by atoms with Crippen molar-refractivity contribution < 1.29 is 19.4 Å². The molecule has 0 saturated heterocycles. The molecule has 2 unspecified atom stereocenters. The van der Waals surface area contributed by atoms with Gasteiger partial charge >= 0.3 is 12.0 Å². The van der Waals surface area contributed by atoms with Gasteiger partial charge in [-0.3, -0.25) is 0 Å². The minimum Gasteiger partial charge on any atom is -0.480 e. The third-order valence-electron chi connectivity index (χ3n) is 3.68. The van der Waals surface area contributed by atoms with Crippen LogP contribution in [0.15, 0.2) is 0 Å². The molecule has 0 saturated carbocycles. The van der Waals surface area contributed by atoms with Crippen molar-refractivity contribution in [1.82, 2.24) is 10.2 Å². The van der Waals surface area contributed by atoms with Gasteiger partial charge in [-0.1, -0.05) is 27.2 Å². The molecule has 0 fully saturated rings. The van der Waals surface area contributed by atoms with E-state index in [-0.39, 0.29) is 18.0 Å². The first kappa shape index (κ1) is 18.7. The molecule has 2 amide bonds. The molecule has 0 aliphatic carbocycles. The third kappa shape index (κ3) is 5.77. The maximum absolute atomic E-state index is 12.3. The number of hydrogen-bond donors (Lipinski definition) is 2. The Morgan fingerprint density at radius 2 is 1.85 bits per heavy atom. The minimum absolute atomic E-state index is 0.0385. The van der Waals surface area contributed by atoms with E-state index in [9.17, 15) is 14.7 Å². The SMILES string of the molecule is CCC(C)[C@H](NC(=O)N(CCOC)C(C)CC)C(=O)O. The fourth-order valence-electron chi connectivity index (χ4n) is 1.83. The molecular weight excluding hydrogens is 260 g/mol. The molecule has 0 aliphatic heterocycles. The fraction of sp³-hybridized carbons (Fsp3) is 0.857. The summed E-state index contributed by atoms with van der Waals surface area (Å²) in [6, 6.07) is -1.16. The first-order valence-electron chi connectivity index (χ1n) is 7.17. The van der Waals surface area contributed by atoms with Crippen LogP contribution < -0.4 is 5.32 Å². The number of carboxylic acid groups (broad SMARTS) is 1. The van der Waals surface area contributed by atoms with Crippen molar-refractivity contribution in [2.45, 2.75) is 52.6 Å². The zero-order valence-electron chi connectivity index (χ0n) is 13.2. The summed E-state index contributed by atoms with van der Waals surface area (Å²) in [5, 5.41) is 11.8. The summed E-state index contributed by atoms with van der Waals surface area (Å²) in [5.74, 6) is -1.11. The maximum atomic E-state index is 12.3. The average Bonchev–Trinajstić information content (AvgIpc) is 2.43. The number of nitrogens with one attached hydrogen (secondary N) is 1. The number of carboxylic acids is 1. The van der Waals surface area contributed by atoms with Crippen molar-refractivity contribution in [2.24, 2.45) is 5.92 Å². The number of rotatable bonds is 9. The Labute approximate surface area is 121 Å². The quantitative estimate of drug-likeness (QED) is 0.679. The van der Waals surface area contributed by atoms with E-state index in [1.165, 1.54) is 0 Å². The van der Waals surface area contributed by atoms with Crippen LogP contribution in [0.4, 0.5) is 4.79 Å². The zero-order chi connectivity index (χ0) is 15.7. The van der Waals surface area contributed by atoms with Crippen LogP contribution in [0, 0.1) is 5.92 Å². The number of carbonyl (C=O) groups excluding carboxylic acids is 1. The van der Waals surface area contributed by atoms with Crippen molar-refractivity contribution in [2.75, 3.05) is 20.3 Å². The van der Waals surface area contributed by atoms with Crippen molar-refractivity contribution in [3.63, 3.8) is 0 Å². The second-order valence-corrected chi connectivity index (χ2v) is 5.09. The predicted molar refractivity (Wildman–Crippen MR) is 77.7 cm³/mol. The number of hydrogen-bond acceptors (Lipinski definition) is 3. The Kier molecular flexibility index (Phi) is 8.96. The van der Waals surface area contributed by atoms with Crippen molar-refractivity contribution >= 4 is 12.0 Å². The van der Waals surface area contributed by atoms with E-state index in [1.54, 1.807) is 12.0 Å². The van der Waals surface area contributed by atoms with Gasteiger partial charge in [0.1, 0.15) is 6.04 Å². The summed E-state index contributed by atoms with van der Waals surface area (Å²) in [6.07, 6.45) is 1.50. The van der Waals surface area contributed by atoms with Gasteiger partial charge < -0.3 is 20.1 Å². The highest BCUT2D eigenvalue weighted by Crippen LogP contribution is 2.10. The molecular formula is C14H28N2O4. The average molecular weight is 288 g/mol. The smallest absolute Gasteiger partial charge is 0.326 e. The molecule has 6 heteroatoms. The lowest BCUT2D eigenvalue weighted by atomic mass is 9.99. The highest BCUT2D eigenvalue weighted by molar-refractivity contribution is 5.83. The molecule has 2 N–H and O–H groups in total. The van der Waals surface area contributed by atoms with Crippen LogP contribution in [-0.2, 0) is 9.53 Å². The van der Waals surface area contributed by atoms with E-state index in [0.29, 0.717) is 19.6 Å². The summed E-state index contributed by atoms with van der Waals surface area (Å²) >= 11 is 0. The highest BCUT2D eigenvalue weighted by Gasteiger charge is 2.28. The molecule has 0 heterocycles. The lowest BCUT2D eigenvalue weighted by molar-refractivity contribution is -0.140. The number of nitrogens with zero attached hydrogens (tertiary/aromatic N) is 1. The van der Waals surface area contributed by atoms with Crippen LogP contribution >= 0.6 is 0 Å². The third-order valence-corrected chi connectivity index (χ3v) is 3.68. The Bertz CT molecular complexity index is 310. The van der Waals surface area contributed by atoms with Crippen LogP contribution in [0.5, 0.6) is 0 Å². The van der Waals surface area contributed by atoms with Gasteiger partial charge in [-0.15, -0.1) is 0 Å². The monoisotopic (exact) mass is 288 g/mol. The second-order valence-electron chi connectivity index (χ2n) is 5.09. The predicted octanol–water partition coefficient (Wildman–Crippen LogP) is 1.94. The summed E-state index contributed by atoms with van der Waals surface area (Å²) < 4.78 is 5.00. The molecule has 0 aromatic carbocycles. The van der Waals surface area contributed by atoms with Gasteiger partial charge in [-0.25, -0.2) is 9.59 Å².